The zero-order chi connectivity index (χ0) is 12.3. The van der Waals surface area contributed by atoms with Crippen LogP contribution in [-0.4, -0.2) is 10.6 Å². The SMILES string of the molecule is CC(C)NCc1ccc2c(ccn2CC#N)c1. The molecule has 0 amide bonds. The molecule has 0 saturated carbocycles. The highest BCUT2D eigenvalue weighted by Crippen LogP contribution is 2.17. The van der Waals surface area contributed by atoms with Gasteiger partial charge in [-0.25, -0.2) is 0 Å². The Morgan fingerprint density at radius 2 is 2.18 bits per heavy atom. The largest absolute Gasteiger partial charge is 0.334 e. The molecular weight excluding hydrogens is 210 g/mol. The van der Waals surface area contributed by atoms with Crippen molar-refractivity contribution in [1.29, 1.82) is 5.26 Å². The minimum absolute atomic E-state index is 0.410. The molecule has 0 radical (unpaired) electrons. The first-order valence-electron chi connectivity index (χ1n) is 5.89. The molecule has 1 heterocycles. The summed E-state index contributed by atoms with van der Waals surface area (Å²) in [5.41, 5.74) is 2.40. The Hall–Kier alpha value is -1.79. The molecule has 88 valence electrons. The summed E-state index contributed by atoms with van der Waals surface area (Å²) in [5, 5.41) is 13.3. The molecule has 0 unspecified atom stereocenters. The molecule has 1 N–H and O–H groups in total. The van der Waals surface area contributed by atoms with Crippen molar-refractivity contribution >= 4 is 10.9 Å². The molecule has 17 heavy (non-hydrogen) atoms. The van der Waals surface area contributed by atoms with Gasteiger partial charge in [0.1, 0.15) is 6.54 Å². The summed E-state index contributed by atoms with van der Waals surface area (Å²) < 4.78 is 1.97. The molecule has 1 aromatic carbocycles. The van der Waals surface area contributed by atoms with Gasteiger partial charge in [-0.2, -0.15) is 5.26 Å². The fourth-order valence-corrected chi connectivity index (χ4v) is 1.90. The van der Waals surface area contributed by atoms with E-state index in [1.165, 1.54) is 10.9 Å². The lowest BCUT2D eigenvalue weighted by molar-refractivity contribution is 0.589. The fourth-order valence-electron chi connectivity index (χ4n) is 1.90. The summed E-state index contributed by atoms with van der Waals surface area (Å²) in [6.45, 7) is 5.58. The van der Waals surface area contributed by atoms with Crippen molar-refractivity contribution in [3.05, 3.63) is 36.0 Å². The maximum atomic E-state index is 8.72. The molecule has 0 aliphatic rings. The highest BCUT2D eigenvalue weighted by atomic mass is 14.9. The van der Waals surface area contributed by atoms with Crippen LogP contribution in [0.2, 0.25) is 0 Å². The Morgan fingerprint density at radius 1 is 1.35 bits per heavy atom. The smallest absolute Gasteiger partial charge is 0.110 e. The third kappa shape index (κ3) is 2.66. The van der Waals surface area contributed by atoms with Gasteiger partial charge in [-0.3, -0.25) is 0 Å². The molecule has 0 aliphatic heterocycles. The number of nitriles is 1. The second kappa shape index (κ2) is 5.03. The van der Waals surface area contributed by atoms with Gasteiger partial charge < -0.3 is 9.88 Å². The van der Waals surface area contributed by atoms with E-state index >= 15 is 0 Å². The number of nitrogens with one attached hydrogen (secondary N) is 1. The number of rotatable bonds is 4. The van der Waals surface area contributed by atoms with Crippen LogP contribution in [-0.2, 0) is 13.1 Å². The van der Waals surface area contributed by atoms with E-state index in [9.17, 15) is 0 Å². The molecular formula is C14H17N3. The summed E-state index contributed by atoms with van der Waals surface area (Å²) in [6.07, 6.45) is 1.97. The van der Waals surface area contributed by atoms with Crippen LogP contribution in [0.1, 0.15) is 19.4 Å². The maximum absolute atomic E-state index is 8.72. The van der Waals surface area contributed by atoms with Crippen molar-refractivity contribution < 1.29 is 0 Å². The zero-order valence-electron chi connectivity index (χ0n) is 10.3. The molecule has 0 atom stereocenters. The lowest BCUT2D eigenvalue weighted by Crippen LogP contribution is -2.21. The quantitative estimate of drug-likeness (QED) is 0.872. The second-order valence-electron chi connectivity index (χ2n) is 4.53. The van der Waals surface area contributed by atoms with Crippen molar-refractivity contribution in [1.82, 2.24) is 9.88 Å². The first kappa shape index (κ1) is 11.7. The summed E-state index contributed by atoms with van der Waals surface area (Å²) in [4.78, 5) is 0. The Balaban J connectivity index is 2.24. The lowest BCUT2D eigenvalue weighted by Gasteiger charge is -2.08. The monoisotopic (exact) mass is 227 g/mol. The molecule has 2 rings (SSSR count). The van der Waals surface area contributed by atoms with Crippen molar-refractivity contribution in [2.24, 2.45) is 0 Å². The van der Waals surface area contributed by atoms with Crippen molar-refractivity contribution in [3.63, 3.8) is 0 Å². The number of hydrogen-bond donors (Lipinski definition) is 1. The highest BCUT2D eigenvalue weighted by Gasteiger charge is 2.02. The van der Waals surface area contributed by atoms with E-state index < -0.39 is 0 Å². The third-order valence-electron chi connectivity index (χ3n) is 2.79. The molecule has 0 spiro atoms. The molecule has 0 bridgehead atoms. The van der Waals surface area contributed by atoms with E-state index in [2.05, 4.69) is 49.5 Å². The van der Waals surface area contributed by atoms with Crippen LogP contribution in [0.3, 0.4) is 0 Å². The predicted molar refractivity (Wildman–Crippen MR) is 69.5 cm³/mol. The Bertz CT molecular complexity index is 546. The van der Waals surface area contributed by atoms with Gasteiger partial charge >= 0.3 is 0 Å². The summed E-state index contributed by atoms with van der Waals surface area (Å²) in [6, 6.07) is 11.1. The van der Waals surface area contributed by atoms with Gasteiger partial charge in [0.25, 0.3) is 0 Å². The first-order chi connectivity index (χ1) is 8.20. The topological polar surface area (TPSA) is 40.8 Å². The number of hydrogen-bond acceptors (Lipinski definition) is 2. The molecule has 1 aromatic heterocycles. The van der Waals surface area contributed by atoms with Crippen LogP contribution in [0, 0.1) is 11.3 Å². The maximum Gasteiger partial charge on any atom is 0.110 e. The van der Waals surface area contributed by atoms with Crippen molar-refractivity contribution in [2.75, 3.05) is 0 Å². The van der Waals surface area contributed by atoms with Gasteiger partial charge in [-0.05, 0) is 29.1 Å². The standard InChI is InChI=1S/C14H17N3/c1-11(2)16-10-12-3-4-14-13(9-12)5-7-17(14)8-6-15/h3-5,7,9,11,16H,8,10H2,1-2H3. The van der Waals surface area contributed by atoms with Gasteiger partial charge in [-0.15, -0.1) is 0 Å². The number of fused-ring (bicyclic) bond motifs is 1. The Kier molecular flexibility index (Phi) is 3.46. The molecule has 0 fully saturated rings. The molecule has 0 aliphatic carbocycles. The van der Waals surface area contributed by atoms with Crippen LogP contribution in [0.5, 0.6) is 0 Å². The Morgan fingerprint density at radius 3 is 2.88 bits per heavy atom. The van der Waals surface area contributed by atoms with Crippen molar-refractivity contribution in [3.8, 4) is 6.07 Å². The minimum Gasteiger partial charge on any atom is -0.334 e. The predicted octanol–water partition coefficient (Wildman–Crippen LogP) is 2.66. The van der Waals surface area contributed by atoms with Crippen LogP contribution in [0.25, 0.3) is 10.9 Å². The third-order valence-corrected chi connectivity index (χ3v) is 2.79. The molecule has 3 heteroatoms. The fraction of sp³-hybridized carbons (Fsp3) is 0.357. The Labute approximate surface area is 102 Å². The van der Waals surface area contributed by atoms with Gasteiger partial charge in [0.05, 0.1) is 6.07 Å². The molecule has 2 aromatic rings. The second-order valence-corrected chi connectivity index (χ2v) is 4.53. The van der Waals surface area contributed by atoms with E-state index in [1.54, 1.807) is 0 Å². The van der Waals surface area contributed by atoms with Crippen LogP contribution in [0.15, 0.2) is 30.5 Å². The number of benzene rings is 1. The average molecular weight is 227 g/mol. The van der Waals surface area contributed by atoms with E-state index in [1.807, 2.05) is 10.8 Å². The van der Waals surface area contributed by atoms with Gasteiger partial charge in [0.2, 0.25) is 0 Å². The van der Waals surface area contributed by atoms with Crippen molar-refractivity contribution in [2.45, 2.75) is 33.0 Å². The van der Waals surface area contributed by atoms with Gasteiger partial charge in [0.15, 0.2) is 0 Å². The zero-order valence-corrected chi connectivity index (χ0v) is 10.3. The lowest BCUT2D eigenvalue weighted by atomic mass is 10.1. The number of nitrogens with zero attached hydrogens (tertiary/aromatic N) is 2. The summed E-state index contributed by atoms with van der Waals surface area (Å²) >= 11 is 0. The first-order valence-corrected chi connectivity index (χ1v) is 5.89. The number of aromatic nitrogens is 1. The minimum atomic E-state index is 0.410. The van der Waals surface area contributed by atoms with E-state index in [-0.39, 0.29) is 0 Å². The van der Waals surface area contributed by atoms with Crippen LogP contribution < -0.4 is 5.32 Å². The van der Waals surface area contributed by atoms with E-state index in [4.69, 9.17) is 5.26 Å². The molecule has 0 saturated heterocycles. The average Bonchev–Trinajstić information content (AvgIpc) is 2.70. The molecule has 3 nitrogen and oxygen atoms in total. The van der Waals surface area contributed by atoms with E-state index in [0.717, 1.165) is 12.1 Å². The van der Waals surface area contributed by atoms with Gasteiger partial charge in [-0.1, -0.05) is 19.9 Å². The normalized spacial score (nSPS) is 10.9. The van der Waals surface area contributed by atoms with Crippen LogP contribution >= 0.6 is 0 Å². The highest BCUT2D eigenvalue weighted by molar-refractivity contribution is 5.80. The summed E-state index contributed by atoms with van der Waals surface area (Å²) in [7, 11) is 0. The van der Waals surface area contributed by atoms with E-state index in [0.29, 0.717) is 12.6 Å². The summed E-state index contributed by atoms with van der Waals surface area (Å²) in [5.74, 6) is 0. The van der Waals surface area contributed by atoms with Crippen LogP contribution in [0.4, 0.5) is 0 Å². The van der Waals surface area contributed by atoms with Gasteiger partial charge in [0, 0.05) is 24.3 Å².